The highest BCUT2D eigenvalue weighted by atomic mass is 16.2. The molecule has 0 bridgehead atoms. The summed E-state index contributed by atoms with van der Waals surface area (Å²) < 4.78 is 0. The second-order valence-corrected chi connectivity index (χ2v) is 4.07. The summed E-state index contributed by atoms with van der Waals surface area (Å²) in [6, 6.07) is 9.41. The molecule has 0 radical (unpaired) electrons. The van der Waals surface area contributed by atoms with Crippen molar-refractivity contribution in [2.45, 2.75) is 6.54 Å². The van der Waals surface area contributed by atoms with Gasteiger partial charge in [-0.15, -0.1) is 5.10 Å². The molecular formula is C13H12N6O. The van der Waals surface area contributed by atoms with Gasteiger partial charge in [-0.25, -0.2) is 4.98 Å². The third-order valence-electron chi connectivity index (χ3n) is 2.68. The molecule has 3 rings (SSSR count). The molecule has 2 heterocycles. The molecule has 3 aromatic rings. The number of hydrogen-bond donors (Lipinski definition) is 2. The Hall–Kier alpha value is -2.96. The molecule has 0 aliphatic heterocycles. The lowest BCUT2D eigenvalue weighted by atomic mass is 10.3. The maximum absolute atomic E-state index is 11.9. The molecule has 0 aliphatic rings. The fourth-order valence-electron chi connectivity index (χ4n) is 1.70. The van der Waals surface area contributed by atoms with Crippen molar-refractivity contribution in [1.29, 1.82) is 0 Å². The largest absolute Gasteiger partial charge is 0.347 e. The van der Waals surface area contributed by atoms with E-state index in [1.165, 1.54) is 11.0 Å². The normalized spacial score (nSPS) is 10.4. The molecule has 0 fully saturated rings. The number of carbonyl (C=O) groups excluding carboxylic acids is 1. The second-order valence-electron chi connectivity index (χ2n) is 4.07. The van der Waals surface area contributed by atoms with Crippen molar-refractivity contribution in [2.75, 3.05) is 0 Å². The molecule has 7 nitrogen and oxygen atoms in total. The maximum atomic E-state index is 11.9. The van der Waals surface area contributed by atoms with E-state index in [1.54, 1.807) is 12.4 Å². The lowest BCUT2D eigenvalue weighted by Gasteiger charge is -2.00. The van der Waals surface area contributed by atoms with Crippen molar-refractivity contribution < 1.29 is 4.79 Å². The van der Waals surface area contributed by atoms with Gasteiger partial charge in [0, 0.05) is 12.4 Å². The third kappa shape index (κ3) is 2.56. The number of carbonyl (C=O) groups is 1. The summed E-state index contributed by atoms with van der Waals surface area (Å²) in [6.45, 7) is 0.323. The van der Waals surface area contributed by atoms with Crippen molar-refractivity contribution >= 4 is 5.91 Å². The number of nitrogens with one attached hydrogen (secondary N) is 2. The average Bonchev–Trinajstić information content (AvgIpc) is 3.17. The molecule has 2 aromatic heterocycles. The van der Waals surface area contributed by atoms with Crippen molar-refractivity contribution in [1.82, 2.24) is 30.3 Å². The molecule has 0 spiro atoms. The van der Waals surface area contributed by atoms with Crippen LogP contribution in [-0.2, 0) is 6.54 Å². The Balaban J connectivity index is 1.69. The van der Waals surface area contributed by atoms with Crippen molar-refractivity contribution in [3.05, 3.63) is 60.4 Å². The Morgan fingerprint density at radius 3 is 2.90 bits per heavy atom. The summed E-state index contributed by atoms with van der Waals surface area (Å²) in [7, 11) is 0. The van der Waals surface area contributed by atoms with Crippen LogP contribution in [0.4, 0.5) is 0 Å². The standard InChI is InChI=1S/C13H12N6O/c20-13(16-9-12-14-6-7-15-12)11-8-17-19(18-11)10-4-2-1-3-5-10/h1-8H,9H2,(H,14,15)(H,16,20). The molecular weight excluding hydrogens is 256 g/mol. The van der Waals surface area contributed by atoms with Crippen molar-refractivity contribution in [3.63, 3.8) is 0 Å². The van der Waals surface area contributed by atoms with Crippen LogP contribution < -0.4 is 5.32 Å². The van der Waals surface area contributed by atoms with Gasteiger partial charge in [0.2, 0.25) is 0 Å². The van der Waals surface area contributed by atoms with E-state index in [-0.39, 0.29) is 11.6 Å². The first-order valence-corrected chi connectivity index (χ1v) is 6.07. The number of para-hydroxylation sites is 1. The predicted molar refractivity (Wildman–Crippen MR) is 71.1 cm³/mol. The predicted octanol–water partition coefficient (Wildman–Crippen LogP) is 0.920. The molecule has 20 heavy (non-hydrogen) atoms. The van der Waals surface area contributed by atoms with Crippen LogP contribution in [0.2, 0.25) is 0 Å². The number of hydrogen-bond acceptors (Lipinski definition) is 4. The zero-order valence-electron chi connectivity index (χ0n) is 10.5. The van der Waals surface area contributed by atoms with Gasteiger partial charge in [0.1, 0.15) is 5.82 Å². The first-order chi connectivity index (χ1) is 9.83. The molecule has 1 amide bonds. The van der Waals surface area contributed by atoms with Gasteiger partial charge in [0.05, 0.1) is 18.4 Å². The van der Waals surface area contributed by atoms with Crippen LogP contribution in [0.3, 0.4) is 0 Å². The molecule has 100 valence electrons. The maximum Gasteiger partial charge on any atom is 0.273 e. The van der Waals surface area contributed by atoms with E-state index >= 15 is 0 Å². The lowest BCUT2D eigenvalue weighted by molar-refractivity contribution is 0.0944. The minimum Gasteiger partial charge on any atom is -0.347 e. The van der Waals surface area contributed by atoms with Gasteiger partial charge in [0.15, 0.2) is 5.69 Å². The zero-order valence-corrected chi connectivity index (χ0v) is 10.5. The highest BCUT2D eigenvalue weighted by molar-refractivity contribution is 5.91. The van der Waals surface area contributed by atoms with Gasteiger partial charge < -0.3 is 10.3 Å². The topological polar surface area (TPSA) is 88.5 Å². The molecule has 1 aromatic carbocycles. The Morgan fingerprint density at radius 2 is 2.15 bits per heavy atom. The van der Waals surface area contributed by atoms with Gasteiger partial charge in [-0.05, 0) is 12.1 Å². The van der Waals surface area contributed by atoms with E-state index in [0.717, 1.165) is 5.69 Å². The quantitative estimate of drug-likeness (QED) is 0.736. The molecule has 2 N–H and O–H groups in total. The molecule has 0 unspecified atom stereocenters. The van der Waals surface area contributed by atoms with E-state index in [2.05, 4.69) is 25.5 Å². The summed E-state index contributed by atoms with van der Waals surface area (Å²) in [5, 5.41) is 10.9. The Labute approximate surface area is 114 Å². The van der Waals surface area contributed by atoms with Crippen LogP contribution in [0.1, 0.15) is 16.3 Å². The molecule has 0 saturated heterocycles. The second kappa shape index (κ2) is 5.35. The fraction of sp³-hybridized carbons (Fsp3) is 0.0769. The summed E-state index contributed by atoms with van der Waals surface area (Å²) >= 11 is 0. The van der Waals surface area contributed by atoms with E-state index in [0.29, 0.717) is 12.4 Å². The van der Waals surface area contributed by atoms with Crippen molar-refractivity contribution in [2.24, 2.45) is 0 Å². The van der Waals surface area contributed by atoms with Gasteiger partial charge in [-0.2, -0.15) is 9.90 Å². The number of imidazole rings is 1. The van der Waals surface area contributed by atoms with Gasteiger partial charge in [-0.1, -0.05) is 18.2 Å². The van der Waals surface area contributed by atoms with Crippen molar-refractivity contribution in [3.8, 4) is 5.69 Å². The van der Waals surface area contributed by atoms with E-state index in [9.17, 15) is 4.79 Å². The lowest BCUT2D eigenvalue weighted by Crippen LogP contribution is -2.24. The van der Waals surface area contributed by atoms with Crippen LogP contribution in [-0.4, -0.2) is 30.9 Å². The molecule has 0 saturated carbocycles. The van der Waals surface area contributed by atoms with Crippen LogP contribution in [0, 0.1) is 0 Å². The van der Waals surface area contributed by atoms with Crippen LogP contribution >= 0.6 is 0 Å². The van der Waals surface area contributed by atoms with Crippen LogP contribution in [0.25, 0.3) is 5.69 Å². The number of benzene rings is 1. The summed E-state index contributed by atoms with van der Waals surface area (Å²) in [5.74, 6) is 0.400. The van der Waals surface area contributed by atoms with E-state index in [4.69, 9.17) is 0 Å². The fourth-order valence-corrected chi connectivity index (χ4v) is 1.70. The first kappa shape index (κ1) is 12.1. The molecule has 7 heteroatoms. The monoisotopic (exact) mass is 268 g/mol. The molecule has 0 atom stereocenters. The summed E-state index contributed by atoms with van der Waals surface area (Å²) in [4.78, 5) is 20.3. The van der Waals surface area contributed by atoms with Gasteiger partial charge in [-0.3, -0.25) is 4.79 Å². The zero-order chi connectivity index (χ0) is 13.8. The summed E-state index contributed by atoms with van der Waals surface area (Å²) in [6.07, 6.45) is 4.77. The number of H-pyrrole nitrogens is 1. The van der Waals surface area contributed by atoms with Gasteiger partial charge >= 0.3 is 0 Å². The average molecular weight is 268 g/mol. The highest BCUT2D eigenvalue weighted by Gasteiger charge is 2.11. The third-order valence-corrected chi connectivity index (χ3v) is 2.68. The number of aromatic nitrogens is 5. The van der Waals surface area contributed by atoms with E-state index in [1.807, 2.05) is 30.3 Å². The number of nitrogens with zero attached hydrogens (tertiary/aromatic N) is 4. The Kier molecular flexibility index (Phi) is 3.24. The molecule has 0 aliphatic carbocycles. The summed E-state index contributed by atoms with van der Waals surface area (Å²) in [5.41, 5.74) is 1.07. The van der Waals surface area contributed by atoms with Gasteiger partial charge in [0.25, 0.3) is 5.91 Å². The number of aromatic amines is 1. The minimum atomic E-state index is -0.288. The highest BCUT2D eigenvalue weighted by Crippen LogP contribution is 2.04. The number of rotatable bonds is 4. The minimum absolute atomic E-state index is 0.264. The number of amides is 1. The van der Waals surface area contributed by atoms with Crippen LogP contribution in [0.15, 0.2) is 48.9 Å². The smallest absolute Gasteiger partial charge is 0.273 e. The van der Waals surface area contributed by atoms with E-state index < -0.39 is 0 Å². The Morgan fingerprint density at radius 1 is 1.30 bits per heavy atom. The SMILES string of the molecule is O=C(NCc1ncc[nH]1)c1cnn(-c2ccccc2)n1. The Bertz CT molecular complexity index is 689. The first-order valence-electron chi connectivity index (χ1n) is 6.07. The van der Waals surface area contributed by atoms with Crippen LogP contribution in [0.5, 0.6) is 0 Å².